The smallest absolute Gasteiger partial charge is 0.338 e. The second kappa shape index (κ2) is 7.39. The maximum atomic E-state index is 13.4. The van der Waals surface area contributed by atoms with Crippen molar-refractivity contribution < 1.29 is 18.8 Å². The summed E-state index contributed by atoms with van der Waals surface area (Å²) in [6.45, 7) is 0. The summed E-state index contributed by atoms with van der Waals surface area (Å²) in [6.07, 6.45) is 2.61. The molecular weight excluding hydrogens is 329 g/mol. The van der Waals surface area contributed by atoms with Gasteiger partial charge in [-0.1, -0.05) is 17.3 Å². The second-order valence-corrected chi connectivity index (χ2v) is 5.13. The Morgan fingerprint density at radius 3 is 2.76 bits per heavy atom. The zero-order valence-corrected chi connectivity index (χ0v) is 12.9. The molecule has 0 fully saturated rings. The Hall–Kier alpha value is -3.49. The Morgan fingerprint density at radius 2 is 2.00 bits per heavy atom. The van der Waals surface area contributed by atoms with Crippen LogP contribution in [0.25, 0.3) is 0 Å². The topological polar surface area (TPSA) is 105 Å². The number of nitrogens with zero attached hydrogens (tertiary/aromatic N) is 2. The summed E-state index contributed by atoms with van der Waals surface area (Å²) in [4.78, 5) is 32.7. The molecule has 128 valence electrons. The highest BCUT2D eigenvalue weighted by Crippen LogP contribution is 2.16. The van der Waals surface area contributed by atoms with E-state index in [9.17, 15) is 14.0 Å². The lowest BCUT2D eigenvalue weighted by molar-refractivity contribution is -0.131. The minimum Gasteiger partial charge on any atom is -0.382 e. The van der Waals surface area contributed by atoms with Crippen LogP contribution in [0, 0.1) is 5.82 Å². The minimum absolute atomic E-state index is 0.00596. The van der Waals surface area contributed by atoms with Crippen LogP contribution in [-0.4, -0.2) is 28.7 Å². The van der Waals surface area contributed by atoms with Crippen molar-refractivity contribution in [1.82, 2.24) is 15.8 Å². The molecule has 2 heterocycles. The largest absolute Gasteiger partial charge is 0.382 e. The Labute approximate surface area is 142 Å². The summed E-state index contributed by atoms with van der Waals surface area (Å²) in [5.74, 6) is -1.16. The third-order valence-electron chi connectivity index (χ3n) is 3.38. The summed E-state index contributed by atoms with van der Waals surface area (Å²) in [5.41, 5.74) is 5.66. The fourth-order valence-electron chi connectivity index (χ4n) is 2.14. The number of carbonyl (C=O) groups is 2. The van der Waals surface area contributed by atoms with Gasteiger partial charge in [-0.15, -0.1) is 0 Å². The maximum Gasteiger partial charge on any atom is 0.338 e. The van der Waals surface area contributed by atoms with E-state index < -0.39 is 23.9 Å². The van der Waals surface area contributed by atoms with Crippen LogP contribution in [0.1, 0.15) is 12.0 Å². The van der Waals surface area contributed by atoms with Crippen LogP contribution < -0.4 is 16.2 Å². The number of aromatic nitrogens is 1. The molecule has 0 spiro atoms. The summed E-state index contributed by atoms with van der Waals surface area (Å²) in [5, 5.41) is 6.13. The third-order valence-corrected chi connectivity index (χ3v) is 3.38. The van der Waals surface area contributed by atoms with Gasteiger partial charge in [0.25, 0.3) is 5.91 Å². The Bertz CT molecular complexity index is 812. The molecule has 1 aliphatic rings. The zero-order chi connectivity index (χ0) is 17.6. The minimum atomic E-state index is -0.871. The number of oxime groups is 1. The molecular formula is C16H14FN5O3. The number of amides is 3. The van der Waals surface area contributed by atoms with Crippen LogP contribution >= 0.6 is 0 Å². The highest BCUT2D eigenvalue weighted by molar-refractivity contribution is 6.04. The van der Waals surface area contributed by atoms with E-state index in [-0.39, 0.29) is 12.1 Å². The second-order valence-electron chi connectivity index (χ2n) is 5.13. The van der Waals surface area contributed by atoms with Crippen molar-refractivity contribution in [3.63, 3.8) is 0 Å². The van der Waals surface area contributed by atoms with Crippen molar-refractivity contribution in [2.75, 3.05) is 5.32 Å². The standard InChI is InChI=1S/C16H14FN5O3/c17-11-5-1-2-6-12(11)19-16(24)21-20-15(23)14-8-13(22-25-14)10-4-3-7-18-9-10/h1-7,9,14H,8H2,(H,20,23)(H2,19,21,24)/t14-/m0/s1. The van der Waals surface area contributed by atoms with E-state index in [1.54, 1.807) is 30.6 Å². The number of anilines is 1. The fraction of sp³-hybridized carbons (Fsp3) is 0.125. The van der Waals surface area contributed by atoms with Gasteiger partial charge >= 0.3 is 6.03 Å². The van der Waals surface area contributed by atoms with E-state index in [1.807, 2.05) is 0 Å². The van der Waals surface area contributed by atoms with Gasteiger partial charge in [-0.2, -0.15) is 0 Å². The van der Waals surface area contributed by atoms with E-state index in [0.717, 1.165) is 5.56 Å². The monoisotopic (exact) mass is 343 g/mol. The zero-order valence-electron chi connectivity index (χ0n) is 12.9. The highest BCUT2D eigenvalue weighted by Gasteiger charge is 2.29. The van der Waals surface area contributed by atoms with Gasteiger partial charge in [0.05, 0.1) is 11.4 Å². The number of urea groups is 1. The first-order chi connectivity index (χ1) is 12.1. The molecule has 1 aromatic carbocycles. The maximum absolute atomic E-state index is 13.4. The number of benzene rings is 1. The first kappa shape index (κ1) is 16.4. The first-order valence-electron chi connectivity index (χ1n) is 7.38. The number of carbonyl (C=O) groups excluding carboxylic acids is 2. The average Bonchev–Trinajstić information content (AvgIpc) is 3.13. The Kier molecular flexibility index (Phi) is 4.84. The lowest BCUT2D eigenvalue weighted by Crippen LogP contribution is -2.48. The molecule has 1 aliphatic heterocycles. The molecule has 0 unspecified atom stereocenters. The predicted molar refractivity (Wildman–Crippen MR) is 87.0 cm³/mol. The molecule has 0 bridgehead atoms. The van der Waals surface area contributed by atoms with E-state index in [2.05, 4.69) is 26.3 Å². The van der Waals surface area contributed by atoms with E-state index in [4.69, 9.17) is 4.84 Å². The quantitative estimate of drug-likeness (QED) is 0.736. The SMILES string of the molecule is O=C(NNC(=O)[C@@H]1CC(c2cccnc2)=NO1)Nc1ccccc1F. The van der Waals surface area contributed by atoms with Gasteiger partial charge in [-0.05, 0) is 24.3 Å². The van der Waals surface area contributed by atoms with Crippen LogP contribution in [0.15, 0.2) is 53.9 Å². The van der Waals surface area contributed by atoms with Crippen molar-refractivity contribution in [3.8, 4) is 0 Å². The van der Waals surface area contributed by atoms with Crippen LogP contribution in [0.2, 0.25) is 0 Å². The normalized spacial score (nSPS) is 15.7. The number of pyridine rings is 1. The van der Waals surface area contributed by atoms with Crippen LogP contribution in [0.5, 0.6) is 0 Å². The lowest BCUT2D eigenvalue weighted by atomic mass is 10.1. The summed E-state index contributed by atoms with van der Waals surface area (Å²) in [6, 6.07) is 8.43. The van der Waals surface area contributed by atoms with Gasteiger partial charge in [0.15, 0.2) is 0 Å². The molecule has 2 aromatic rings. The van der Waals surface area contributed by atoms with E-state index in [0.29, 0.717) is 5.71 Å². The Morgan fingerprint density at radius 1 is 1.16 bits per heavy atom. The molecule has 3 amide bonds. The lowest BCUT2D eigenvalue weighted by Gasteiger charge is -2.11. The number of hydrogen-bond donors (Lipinski definition) is 3. The van der Waals surface area contributed by atoms with Crippen molar-refractivity contribution in [2.24, 2.45) is 5.16 Å². The molecule has 0 aliphatic carbocycles. The highest BCUT2D eigenvalue weighted by atomic mass is 19.1. The average molecular weight is 343 g/mol. The van der Waals surface area contributed by atoms with Crippen molar-refractivity contribution in [1.29, 1.82) is 0 Å². The number of rotatable bonds is 3. The number of nitrogens with one attached hydrogen (secondary N) is 3. The van der Waals surface area contributed by atoms with Crippen molar-refractivity contribution >= 4 is 23.3 Å². The third kappa shape index (κ3) is 4.08. The molecule has 1 aromatic heterocycles. The summed E-state index contributed by atoms with van der Waals surface area (Å²) in [7, 11) is 0. The van der Waals surface area contributed by atoms with Gasteiger partial charge < -0.3 is 10.2 Å². The molecule has 25 heavy (non-hydrogen) atoms. The van der Waals surface area contributed by atoms with Crippen LogP contribution in [-0.2, 0) is 9.63 Å². The van der Waals surface area contributed by atoms with Gasteiger partial charge in [0, 0.05) is 24.4 Å². The molecule has 3 rings (SSSR count). The predicted octanol–water partition coefficient (Wildman–Crippen LogP) is 1.57. The molecule has 0 radical (unpaired) electrons. The Balaban J connectivity index is 1.47. The van der Waals surface area contributed by atoms with Gasteiger partial charge in [-0.25, -0.2) is 14.6 Å². The molecule has 1 atom stereocenters. The fourth-order valence-corrected chi connectivity index (χ4v) is 2.14. The molecule has 3 N–H and O–H groups in total. The number of halogens is 1. The number of hydrazine groups is 1. The van der Waals surface area contributed by atoms with Gasteiger partial charge in [0.1, 0.15) is 5.82 Å². The number of hydrogen-bond acceptors (Lipinski definition) is 5. The van der Waals surface area contributed by atoms with Crippen molar-refractivity contribution in [3.05, 3.63) is 60.2 Å². The molecule has 0 saturated heterocycles. The number of para-hydroxylation sites is 1. The molecule has 9 heteroatoms. The van der Waals surface area contributed by atoms with Crippen LogP contribution in [0.3, 0.4) is 0 Å². The summed E-state index contributed by atoms with van der Waals surface area (Å²) < 4.78 is 13.4. The van der Waals surface area contributed by atoms with E-state index >= 15 is 0 Å². The van der Waals surface area contributed by atoms with Gasteiger partial charge in [0.2, 0.25) is 6.10 Å². The van der Waals surface area contributed by atoms with Crippen molar-refractivity contribution in [2.45, 2.75) is 12.5 Å². The summed E-state index contributed by atoms with van der Waals surface area (Å²) >= 11 is 0. The molecule has 0 saturated carbocycles. The van der Waals surface area contributed by atoms with Crippen LogP contribution in [0.4, 0.5) is 14.9 Å². The molecule has 8 nitrogen and oxygen atoms in total. The van der Waals surface area contributed by atoms with Gasteiger partial charge in [-0.3, -0.25) is 15.2 Å². The van der Waals surface area contributed by atoms with E-state index in [1.165, 1.54) is 18.2 Å². The first-order valence-corrected chi connectivity index (χ1v) is 7.38.